The number of rotatable bonds is 3. The standard InChI is InChI=1S/C14H17F3N2O3/c1-21-12-10(13(20)22-2)5-6-11(18-12)19-7-3-4-9(8-19)14(15,16)17/h5-6,9H,3-4,7-8H2,1-2H3. The SMILES string of the molecule is COC(=O)c1ccc(N2CCCC(C(F)(F)F)C2)nc1OC. The Morgan fingerprint density at radius 1 is 1.36 bits per heavy atom. The molecule has 0 amide bonds. The molecule has 5 nitrogen and oxygen atoms in total. The minimum atomic E-state index is -4.21. The second-order valence-corrected chi connectivity index (χ2v) is 5.04. The van der Waals surface area contributed by atoms with Crippen LogP contribution in [0.25, 0.3) is 0 Å². The first-order valence-electron chi connectivity index (χ1n) is 6.81. The third-order valence-corrected chi connectivity index (χ3v) is 3.65. The summed E-state index contributed by atoms with van der Waals surface area (Å²) in [5, 5.41) is 0. The van der Waals surface area contributed by atoms with Gasteiger partial charge in [-0.05, 0) is 25.0 Å². The summed E-state index contributed by atoms with van der Waals surface area (Å²) in [6.07, 6.45) is -3.65. The topological polar surface area (TPSA) is 51.7 Å². The number of nitrogens with zero attached hydrogens (tertiary/aromatic N) is 2. The number of alkyl halides is 3. The van der Waals surface area contributed by atoms with E-state index < -0.39 is 18.1 Å². The van der Waals surface area contributed by atoms with Gasteiger partial charge >= 0.3 is 12.1 Å². The van der Waals surface area contributed by atoms with Gasteiger partial charge in [-0.15, -0.1) is 0 Å². The first-order valence-corrected chi connectivity index (χ1v) is 6.81. The number of hydrogen-bond donors (Lipinski definition) is 0. The number of piperidine rings is 1. The molecule has 0 spiro atoms. The first kappa shape index (κ1) is 16.4. The highest BCUT2D eigenvalue weighted by molar-refractivity contribution is 5.92. The molecule has 0 N–H and O–H groups in total. The fourth-order valence-electron chi connectivity index (χ4n) is 2.48. The van der Waals surface area contributed by atoms with Crippen molar-refractivity contribution in [2.24, 2.45) is 5.92 Å². The van der Waals surface area contributed by atoms with Crippen LogP contribution in [0.2, 0.25) is 0 Å². The number of anilines is 1. The van der Waals surface area contributed by atoms with Crippen LogP contribution in [0.15, 0.2) is 12.1 Å². The number of halogens is 3. The van der Waals surface area contributed by atoms with Gasteiger partial charge in [0.1, 0.15) is 11.4 Å². The van der Waals surface area contributed by atoms with Crippen molar-refractivity contribution in [1.29, 1.82) is 0 Å². The number of methoxy groups -OCH3 is 2. The lowest BCUT2D eigenvalue weighted by Gasteiger charge is -2.34. The minimum absolute atomic E-state index is 0.0403. The van der Waals surface area contributed by atoms with Crippen LogP contribution in [0.3, 0.4) is 0 Å². The average Bonchev–Trinajstić information content (AvgIpc) is 2.52. The minimum Gasteiger partial charge on any atom is -0.480 e. The van der Waals surface area contributed by atoms with Gasteiger partial charge in [0.2, 0.25) is 5.88 Å². The molecule has 0 saturated carbocycles. The molecule has 1 fully saturated rings. The maximum absolute atomic E-state index is 12.9. The van der Waals surface area contributed by atoms with Gasteiger partial charge in [0.25, 0.3) is 0 Å². The van der Waals surface area contributed by atoms with Gasteiger partial charge in [-0.1, -0.05) is 0 Å². The second kappa shape index (κ2) is 6.41. The predicted octanol–water partition coefficient (Wildman–Crippen LogP) is 2.66. The number of pyridine rings is 1. The Morgan fingerprint density at radius 3 is 2.68 bits per heavy atom. The maximum Gasteiger partial charge on any atom is 0.393 e. The third kappa shape index (κ3) is 3.42. The summed E-state index contributed by atoms with van der Waals surface area (Å²) in [6.45, 7) is 0.345. The van der Waals surface area contributed by atoms with Crippen LogP contribution in [-0.4, -0.2) is 44.4 Å². The summed E-state index contributed by atoms with van der Waals surface area (Å²) in [4.78, 5) is 17.3. The Labute approximate surface area is 126 Å². The summed E-state index contributed by atoms with van der Waals surface area (Å²) in [5.74, 6) is -1.58. The van der Waals surface area contributed by atoms with Crippen molar-refractivity contribution in [2.75, 3.05) is 32.2 Å². The molecule has 1 aliphatic rings. The van der Waals surface area contributed by atoms with Gasteiger partial charge in [0.05, 0.1) is 20.1 Å². The van der Waals surface area contributed by atoms with E-state index in [1.165, 1.54) is 26.4 Å². The Hall–Kier alpha value is -1.99. The molecule has 2 heterocycles. The van der Waals surface area contributed by atoms with Gasteiger partial charge in [-0.25, -0.2) is 4.79 Å². The van der Waals surface area contributed by atoms with Crippen LogP contribution in [0.1, 0.15) is 23.2 Å². The molecule has 0 aliphatic carbocycles. The molecule has 1 aliphatic heterocycles. The zero-order valence-electron chi connectivity index (χ0n) is 12.3. The summed E-state index contributed by atoms with van der Waals surface area (Å²) >= 11 is 0. The number of esters is 1. The second-order valence-electron chi connectivity index (χ2n) is 5.04. The van der Waals surface area contributed by atoms with Crippen LogP contribution in [0.5, 0.6) is 5.88 Å². The van der Waals surface area contributed by atoms with E-state index in [1.807, 2.05) is 0 Å². The normalized spacial score (nSPS) is 19.0. The third-order valence-electron chi connectivity index (χ3n) is 3.65. The number of aromatic nitrogens is 1. The van der Waals surface area contributed by atoms with Crippen LogP contribution >= 0.6 is 0 Å². The molecular formula is C14H17F3N2O3. The van der Waals surface area contributed by atoms with E-state index >= 15 is 0 Å². The zero-order valence-corrected chi connectivity index (χ0v) is 12.3. The number of carbonyl (C=O) groups excluding carboxylic acids is 1. The van der Waals surface area contributed by atoms with Gasteiger partial charge in [-0.3, -0.25) is 0 Å². The highest BCUT2D eigenvalue weighted by Crippen LogP contribution is 2.35. The van der Waals surface area contributed by atoms with E-state index in [0.717, 1.165) is 0 Å². The van der Waals surface area contributed by atoms with E-state index in [0.29, 0.717) is 18.8 Å². The van der Waals surface area contributed by atoms with Crippen LogP contribution < -0.4 is 9.64 Å². The van der Waals surface area contributed by atoms with E-state index in [4.69, 9.17) is 4.74 Å². The van der Waals surface area contributed by atoms with Gasteiger partial charge in [0, 0.05) is 13.1 Å². The lowest BCUT2D eigenvalue weighted by Crippen LogP contribution is -2.42. The Kier molecular flexibility index (Phi) is 4.77. The monoisotopic (exact) mass is 318 g/mol. The van der Waals surface area contributed by atoms with Crippen LogP contribution in [-0.2, 0) is 4.74 Å². The molecule has 22 heavy (non-hydrogen) atoms. The van der Waals surface area contributed by atoms with Crippen molar-refractivity contribution < 1.29 is 27.4 Å². The summed E-state index contributed by atoms with van der Waals surface area (Å²) in [7, 11) is 2.57. The van der Waals surface area contributed by atoms with Gasteiger partial charge in [0.15, 0.2) is 0 Å². The van der Waals surface area contributed by atoms with E-state index in [-0.39, 0.29) is 24.4 Å². The maximum atomic E-state index is 12.9. The molecule has 1 aromatic rings. The smallest absolute Gasteiger partial charge is 0.393 e. The van der Waals surface area contributed by atoms with Crippen molar-refractivity contribution in [1.82, 2.24) is 4.98 Å². The molecule has 0 aromatic carbocycles. The Morgan fingerprint density at radius 2 is 2.09 bits per heavy atom. The molecule has 1 aromatic heterocycles. The van der Waals surface area contributed by atoms with Crippen molar-refractivity contribution in [2.45, 2.75) is 19.0 Å². The molecule has 122 valence electrons. The summed E-state index contributed by atoms with van der Waals surface area (Å²) < 4.78 is 48.2. The van der Waals surface area contributed by atoms with Crippen LogP contribution in [0, 0.1) is 5.92 Å². The highest BCUT2D eigenvalue weighted by atomic mass is 19.4. The lowest BCUT2D eigenvalue weighted by molar-refractivity contribution is -0.176. The van der Waals surface area contributed by atoms with Gasteiger partial charge < -0.3 is 14.4 Å². The van der Waals surface area contributed by atoms with Gasteiger partial charge in [-0.2, -0.15) is 18.2 Å². The van der Waals surface area contributed by atoms with Crippen molar-refractivity contribution in [3.63, 3.8) is 0 Å². The number of hydrogen-bond acceptors (Lipinski definition) is 5. The summed E-state index contributed by atoms with van der Waals surface area (Å²) in [6, 6.07) is 2.96. The molecule has 8 heteroatoms. The number of ether oxygens (including phenoxy) is 2. The Bertz CT molecular complexity index is 549. The fourth-order valence-corrected chi connectivity index (χ4v) is 2.48. The molecule has 0 radical (unpaired) electrons. The molecular weight excluding hydrogens is 301 g/mol. The molecule has 2 rings (SSSR count). The Balaban J connectivity index is 2.23. The fraction of sp³-hybridized carbons (Fsp3) is 0.571. The quantitative estimate of drug-likeness (QED) is 0.802. The lowest BCUT2D eigenvalue weighted by atomic mass is 9.97. The zero-order chi connectivity index (χ0) is 16.3. The molecule has 1 saturated heterocycles. The average molecular weight is 318 g/mol. The molecule has 1 atom stereocenters. The van der Waals surface area contributed by atoms with E-state index in [1.54, 1.807) is 4.90 Å². The largest absolute Gasteiger partial charge is 0.480 e. The molecule has 0 bridgehead atoms. The number of carbonyl (C=O) groups is 1. The first-order chi connectivity index (χ1) is 10.4. The van der Waals surface area contributed by atoms with Crippen molar-refractivity contribution in [3.8, 4) is 5.88 Å². The van der Waals surface area contributed by atoms with Crippen LogP contribution in [0.4, 0.5) is 19.0 Å². The van der Waals surface area contributed by atoms with Crippen molar-refractivity contribution >= 4 is 11.8 Å². The predicted molar refractivity (Wildman–Crippen MR) is 73.1 cm³/mol. The highest BCUT2D eigenvalue weighted by Gasteiger charge is 2.42. The molecule has 1 unspecified atom stereocenters. The summed E-state index contributed by atoms with van der Waals surface area (Å²) in [5.41, 5.74) is 0.137. The van der Waals surface area contributed by atoms with E-state index in [2.05, 4.69) is 9.72 Å². The van der Waals surface area contributed by atoms with E-state index in [9.17, 15) is 18.0 Å². The van der Waals surface area contributed by atoms with Crippen molar-refractivity contribution in [3.05, 3.63) is 17.7 Å².